The minimum atomic E-state index is 0.506. The second-order valence-corrected chi connectivity index (χ2v) is 5.18. The van der Waals surface area contributed by atoms with E-state index in [0.717, 1.165) is 36.0 Å². The molecule has 0 aliphatic carbocycles. The van der Waals surface area contributed by atoms with E-state index >= 15 is 0 Å². The third-order valence-corrected chi connectivity index (χ3v) is 3.52. The van der Waals surface area contributed by atoms with Crippen molar-refractivity contribution < 1.29 is 0 Å². The maximum Gasteiger partial charge on any atom is 0.148 e. The Balaban J connectivity index is 1.82. The Kier molecular flexibility index (Phi) is 3.87. The summed E-state index contributed by atoms with van der Waals surface area (Å²) in [7, 11) is 0. The number of piperidine rings is 1. The molecule has 3 rings (SSSR count). The van der Waals surface area contributed by atoms with Crippen LogP contribution in [0.2, 0.25) is 0 Å². The quantitative estimate of drug-likeness (QED) is 0.896. The molecule has 5 heteroatoms. The summed E-state index contributed by atoms with van der Waals surface area (Å²) >= 11 is 0. The average molecular weight is 269 g/mol. The van der Waals surface area contributed by atoms with Gasteiger partial charge in [-0.2, -0.15) is 0 Å². The molecule has 20 heavy (non-hydrogen) atoms. The van der Waals surface area contributed by atoms with E-state index in [2.05, 4.69) is 31.7 Å². The second-order valence-electron chi connectivity index (χ2n) is 5.18. The third-order valence-electron chi connectivity index (χ3n) is 3.52. The first kappa shape index (κ1) is 13.0. The summed E-state index contributed by atoms with van der Waals surface area (Å²) in [5, 5.41) is 6.73. The number of rotatable bonds is 3. The predicted octanol–water partition coefficient (Wildman–Crippen LogP) is 2.39. The van der Waals surface area contributed by atoms with Crippen LogP contribution in [0.1, 0.15) is 30.1 Å². The fourth-order valence-corrected chi connectivity index (χ4v) is 2.59. The maximum absolute atomic E-state index is 4.68. The lowest BCUT2D eigenvalue weighted by molar-refractivity contribution is 0.454. The van der Waals surface area contributed by atoms with Crippen LogP contribution < -0.4 is 10.6 Å². The molecule has 1 aliphatic heterocycles. The van der Waals surface area contributed by atoms with E-state index in [-0.39, 0.29) is 0 Å². The zero-order valence-corrected chi connectivity index (χ0v) is 11.6. The van der Waals surface area contributed by atoms with Gasteiger partial charge in [-0.3, -0.25) is 9.97 Å². The van der Waals surface area contributed by atoms with Gasteiger partial charge in [0.25, 0.3) is 0 Å². The number of nitrogens with zero attached hydrogens (tertiary/aromatic N) is 3. The lowest BCUT2D eigenvalue weighted by Gasteiger charge is -2.23. The van der Waals surface area contributed by atoms with Crippen molar-refractivity contribution in [3.05, 3.63) is 42.1 Å². The van der Waals surface area contributed by atoms with Crippen LogP contribution in [-0.4, -0.2) is 28.0 Å². The van der Waals surface area contributed by atoms with Gasteiger partial charge in [-0.05, 0) is 38.4 Å². The highest BCUT2D eigenvalue weighted by molar-refractivity contribution is 5.56. The molecule has 2 N–H and O–H groups in total. The molecule has 0 aromatic carbocycles. The number of aromatic nitrogens is 3. The van der Waals surface area contributed by atoms with Crippen molar-refractivity contribution in [3.8, 4) is 0 Å². The SMILES string of the molecule is Cc1cc(Nc2cnccn2)cc([C@H]2CCCNC2)n1. The van der Waals surface area contributed by atoms with E-state index in [1.54, 1.807) is 18.6 Å². The summed E-state index contributed by atoms with van der Waals surface area (Å²) in [6, 6.07) is 4.16. The fraction of sp³-hybridized carbons (Fsp3) is 0.400. The van der Waals surface area contributed by atoms with E-state index < -0.39 is 0 Å². The molecule has 0 bridgehead atoms. The van der Waals surface area contributed by atoms with Crippen LogP contribution >= 0.6 is 0 Å². The van der Waals surface area contributed by atoms with Gasteiger partial charge in [0.1, 0.15) is 5.82 Å². The third kappa shape index (κ3) is 3.11. The molecule has 104 valence electrons. The number of pyridine rings is 1. The molecule has 0 unspecified atom stereocenters. The van der Waals surface area contributed by atoms with Gasteiger partial charge in [0.2, 0.25) is 0 Å². The first-order valence-corrected chi connectivity index (χ1v) is 7.03. The van der Waals surface area contributed by atoms with Crippen LogP contribution in [0.3, 0.4) is 0 Å². The topological polar surface area (TPSA) is 62.7 Å². The Morgan fingerprint density at radius 1 is 1.30 bits per heavy atom. The molecule has 0 spiro atoms. The first-order chi connectivity index (χ1) is 9.81. The van der Waals surface area contributed by atoms with Crippen LogP contribution in [0, 0.1) is 6.92 Å². The van der Waals surface area contributed by atoms with Crippen molar-refractivity contribution in [2.75, 3.05) is 18.4 Å². The Hall–Kier alpha value is -2.01. The largest absolute Gasteiger partial charge is 0.339 e. The molecule has 0 radical (unpaired) electrons. The van der Waals surface area contributed by atoms with Gasteiger partial charge in [-0.1, -0.05) is 0 Å². The van der Waals surface area contributed by atoms with Crippen molar-refractivity contribution in [3.63, 3.8) is 0 Å². The molecule has 1 fully saturated rings. The maximum atomic E-state index is 4.68. The van der Waals surface area contributed by atoms with Gasteiger partial charge in [0, 0.05) is 41.9 Å². The summed E-state index contributed by atoms with van der Waals surface area (Å²) < 4.78 is 0. The monoisotopic (exact) mass is 269 g/mol. The summed E-state index contributed by atoms with van der Waals surface area (Å²) in [5.41, 5.74) is 3.21. The molecule has 0 amide bonds. The molecule has 1 atom stereocenters. The number of hydrogen-bond acceptors (Lipinski definition) is 5. The van der Waals surface area contributed by atoms with Gasteiger partial charge in [0.05, 0.1) is 6.20 Å². The first-order valence-electron chi connectivity index (χ1n) is 7.03. The van der Waals surface area contributed by atoms with E-state index in [4.69, 9.17) is 0 Å². The van der Waals surface area contributed by atoms with Crippen LogP contribution in [0.4, 0.5) is 11.5 Å². The van der Waals surface area contributed by atoms with Crippen molar-refractivity contribution in [1.82, 2.24) is 20.3 Å². The van der Waals surface area contributed by atoms with Gasteiger partial charge >= 0.3 is 0 Å². The van der Waals surface area contributed by atoms with Crippen molar-refractivity contribution in [1.29, 1.82) is 0 Å². The van der Waals surface area contributed by atoms with Gasteiger partial charge in [0.15, 0.2) is 0 Å². The Bertz CT molecular complexity index is 564. The van der Waals surface area contributed by atoms with Gasteiger partial charge in [-0.25, -0.2) is 4.98 Å². The number of aryl methyl sites for hydroxylation is 1. The number of anilines is 2. The normalized spacial score (nSPS) is 18.8. The summed E-state index contributed by atoms with van der Waals surface area (Å²) in [5.74, 6) is 1.26. The Morgan fingerprint density at radius 2 is 2.25 bits per heavy atom. The van der Waals surface area contributed by atoms with E-state index in [1.807, 2.05) is 13.0 Å². The molecule has 1 aliphatic rings. The Morgan fingerprint density at radius 3 is 3.00 bits per heavy atom. The molecule has 3 heterocycles. The molecular weight excluding hydrogens is 250 g/mol. The molecular formula is C15H19N5. The molecule has 5 nitrogen and oxygen atoms in total. The van der Waals surface area contributed by atoms with Gasteiger partial charge in [-0.15, -0.1) is 0 Å². The average Bonchev–Trinajstić information content (AvgIpc) is 2.49. The lowest BCUT2D eigenvalue weighted by atomic mass is 9.95. The molecule has 2 aromatic rings. The smallest absolute Gasteiger partial charge is 0.148 e. The zero-order chi connectivity index (χ0) is 13.8. The van der Waals surface area contributed by atoms with Crippen molar-refractivity contribution >= 4 is 11.5 Å². The van der Waals surface area contributed by atoms with Crippen LogP contribution in [-0.2, 0) is 0 Å². The fourth-order valence-electron chi connectivity index (χ4n) is 2.59. The minimum Gasteiger partial charge on any atom is -0.339 e. The highest BCUT2D eigenvalue weighted by Gasteiger charge is 2.17. The lowest BCUT2D eigenvalue weighted by Crippen LogP contribution is -2.28. The van der Waals surface area contributed by atoms with Crippen molar-refractivity contribution in [2.45, 2.75) is 25.7 Å². The zero-order valence-electron chi connectivity index (χ0n) is 11.6. The molecule has 1 saturated heterocycles. The number of hydrogen-bond donors (Lipinski definition) is 2. The highest BCUT2D eigenvalue weighted by Crippen LogP contribution is 2.25. The molecule has 0 saturated carbocycles. The van der Waals surface area contributed by atoms with E-state index in [9.17, 15) is 0 Å². The van der Waals surface area contributed by atoms with Gasteiger partial charge < -0.3 is 10.6 Å². The Labute approximate surface area is 118 Å². The van der Waals surface area contributed by atoms with Crippen LogP contribution in [0.15, 0.2) is 30.7 Å². The van der Waals surface area contributed by atoms with Crippen LogP contribution in [0.5, 0.6) is 0 Å². The molecule has 2 aromatic heterocycles. The standard InChI is InChI=1S/C15H19N5/c1-11-7-13(20-15-10-17-5-6-18-15)8-14(19-11)12-3-2-4-16-9-12/h5-8,10,12,16H,2-4,9H2,1H3,(H,18,19,20)/t12-/m0/s1. The summed E-state index contributed by atoms with van der Waals surface area (Å²) in [6.07, 6.45) is 7.49. The summed E-state index contributed by atoms with van der Waals surface area (Å²) in [6.45, 7) is 4.16. The van der Waals surface area contributed by atoms with E-state index in [0.29, 0.717) is 5.92 Å². The second kappa shape index (κ2) is 5.96. The highest BCUT2D eigenvalue weighted by atomic mass is 15.0. The predicted molar refractivity (Wildman–Crippen MR) is 79.1 cm³/mol. The van der Waals surface area contributed by atoms with Crippen molar-refractivity contribution in [2.24, 2.45) is 0 Å². The number of nitrogens with one attached hydrogen (secondary N) is 2. The van der Waals surface area contributed by atoms with E-state index in [1.165, 1.54) is 12.8 Å². The van der Waals surface area contributed by atoms with Crippen LogP contribution in [0.25, 0.3) is 0 Å². The minimum absolute atomic E-state index is 0.506. The summed E-state index contributed by atoms with van der Waals surface area (Å²) in [4.78, 5) is 13.0.